The number of hydrogen-bond acceptors (Lipinski definition) is 5. The van der Waals surface area contributed by atoms with Gasteiger partial charge in [-0.15, -0.1) is 0 Å². The molecule has 0 radical (unpaired) electrons. The fourth-order valence-corrected chi connectivity index (χ4v) is 5.33. The maximum Gasteiger partial charge on any atom is 0.449 e. The summed E-state index contributed by atoms with van der Waals surface area (Å²) in [6.07, 6.45) is 4.86. The van der Waals surface area contributed by atoms with Crippen molar-refractivity contribution >= 4 is 28.5 Å². The topological polar surface area (TPSA) is 69.7 Å². The van der Waals surface area contributed by atoms with E-state index in [1.165, 1.54) is 38.5 Å². The molecule has 0 spiro atoms. The molecule has 1 saturated carbocycles. The number of aromatic amines is 1. The summed E-state index contributed by atoms with van der Waals surface area (Å²) in [4.78, 5) is 18.0. The fourth-order valence-electron chi connectivity index (χ4n) is 5.33. The monoisotopic (exact) mass is 458 g/mol. The summed E-state index contributed by atoms with van der Waals surface area (Å²) in [7, 11) is 0. The Labute approximate surface area is 191 Å². The van der Waals surface area contributed by atoms with Crippen LogP contribution in [0.15, 0.2) is 24.3 Å². The van der Waals surface area contributed by atoms with Crippen LogP contribution in [0.3, 0.4) is 0 Å². The molecule has 0 bridgehead atoms. The number of H-pyrrole nitrogens is 1. The summed E-state index contributed by atoms with van der Waals surface area (Å²) in [6, 6.07) is 7.54. The number of benzene rings is 1. The maximum atomic E-state index is 13.0. The number of halogens is 3. The van der Waals surface area contributed by atoms with Crippen LogP contribution in [0.4, 0.5) is 30.6 Å². The zero-order valence-corrected chi connectivity index (χ0v) is 18.8. The van der Waals surface area contributed by atoms with E-state index >= 15 is 0 Å². The van der Waals surface area contributed by atoms with Crippen LogP contribution < -0.4 is 10.2 Å². The van der Waals surface area contributed by atoms with Crippen molar-refractivity contribution in [1.29, 1.82) is 0 Å². The molecule has 5 rings (SSSR count). The predicted octanol–water partition coefficient (Wildman–Crippen LogP) is 6.23. The van der Waals surface area contributed by atoms with Gasteiger partial charge in [0, 0.05) is 30.0 Å². The third-order valence-electron chi connectivity index (χ3n) is 6.82. The Morgan fingerprint density at radius 1 is 1.06 bits per heavy atom. The molecule has 2 aliphatic rings. The van der Waals surface area contributed by atoms with Gasteiger partial charge in [0.1, 0.15) is 5.82 Å². The number of hydrogen-bond donors (Lipinski definition) is 2. The van der Waals surface area contributed by atoms with Gasteiger partial charge in [-0.25, -0.2) is 9.97 Å². The Bertz CT molecular complexity index is 1120. The number of imidazole rings is 1. The van der Waals surface area contributed by atoms with Crippen LogP contribution in [0, 0.1) is 5.92 Å². The lowest BCUT2D eigenvalue weighted by atomic mass is 9.78. The summed E-state index contributed by atoms with van der Waals surface area (Å²) >= 11 is 0. The molecule has 9 heteroatoms. The third kappa shape index (κ3) is 4.63. The molecule has 33 heavy (non-hydrogen) atoms. The van der Waals surface area contributed by atoms with Crippen LogP contribution in [0.5, 0.6) is 0 Å². The second-order valence-electron chi connectivity index (χ2n) is 9.18. The van der Waals surface area contributed by atoms with E-state index in [1.54, 1.807) is 18.2 Å². The summed E-state index contributed by atoms with van der Waals surface area (Å²) < 4.78 is 39.0. The number of nitrogens with one attached hydrogen (secondary N) is 2. The van der Waals surface area contributed by atoms with Crippen LogP contribution >= 0.6 is 0 Å². The van der Waals surface area contributed by atoms with Gasteiger partial charge in [-0.1, -0.05) is 26.2 Å². The standard InChI is InChI=1S/C24H29F3N6/c1-2-6-16-14-21(33-12-5-8-15-7-3-4-9-20(15)33)32-23(28-16)29-17-10-11-18-19(13-17)31-22(30-18)24(25,26)27/h10-11,13-15,20H,2-9,12H2,1H3,(H,30,31)(H,28,29,32). The first kappa shape index (κ1) is 22.0. The Morgan fingerprint density at radius 2 is 1.88 bits per heavy atom. The lowest BCUT2D eigenvalue weighted by Gasteiger charge is -2.44. The lowest BCUT2D eigenvalue weighted by Crippen LogP contribution is -2.47. The van der Waals surface area contributed by atoms with Crippen LogP contribution in [-0.4, -0.2) is 32.5 Å². The first-order chi connectivity index (χ1) is 15.9. The first-order valence-electron chi connectivity index (χ1n) is 11.9. The highest BCUT2D eigenvalue weighted by Gasteiger charge is 2.35. The molecule has 1 saturated heterocycles. The first-order valence-corrected chi connectivity index (χ1v) is 11.9. The summed E-state index contributed by atoms with van der Waals surface area (Å²) in [5, 5.41) is 3.21. The Balaban J connectivity index is 1.45. The molecule has 2 atom stereocenters. The average molecular weight is 459 g/mol. The molecule has 1 aliphatic carbocycles. The number of aryl methyl sites for hydroxylation is 1. The molecular formula is C24H29F3N6. The quantitative estimate of drug-likeness (QED) is 0.475. The fraction of sp³-hybridized carbons (Fsp3) is 0.542. The minimum atomic E-state index is -4.51. The SMILES string of the molecule is CCCc1cc(N2CCCC3CCCCC32)nc(Nc2ccc3[nH]c(C(F)(F)F)nc3c2)n1. The number of fused-ring (bicyclic) bond motifs is 2. The van der Waals surface area contributed by atoms with Crippen molar-refractivity contribution in [3.8, 4) is 0 Å². The molecular weight excluding hydrogens is 429 g/mol. The van der Waals surface area contributed by atoms with Gasteiger partial charge >= 0.3 is 6.18 Å². The average Bonchev–Trinajstić information content (AvgIpc) is 3.23. The zero-order valence-electron chi connectivity index (χ0n) is 18.8. The molecule has 6 nitrogen and oxygen atoms in total. The molecule has 2 N–H and O–H groups in total. The van der Waals surface area contributed by atoms with Gasteiger partial charge in [0.05, 0.1) is 11.0 Å². The second-order valence-corrected chi connectivity index (χ2v) is 9.18. The minimum Gasteiger partial charge on any atom is -0.353 e. The van der Waals surface area contributed by atoms with E-state index < -0.39 is 12.0 Å². The highest BCUT2D eigenvalue weighted by Crippen LogP contribution is 2.38. The number of anilines is 3. The van der Waals surface area contributed by atoms with Crippen molar-refractivity contribution in [2.75, 3.05) is 16.8 Å². The van der Waals surface area contributed by atoms with E-state index in [0.717, 1.165) is 36.8 Å². The smallest absolute Gasteiger partial charge is 0.353 e. The highest BCUT2D eigenvalue weighted by atomic mass is 19.4. The van der Waals surface area contributed by atoms with Gasteiger partial charge in [-0.2, -0.15) is 18.2 Å². The number of rotatable bonds is 5. The molecule has 0 amide bonds. The largest absolute Gasteiger partial charge is 0.449 e. The predicted molar refractivity (Wildman–Crippen MR) is 123 cm³/mol. The van der Waals surface area contributed by atoms with Gasteiger partial charge < -0.3 is 15.2 Å². The van der Waals surface area contributed by atoms with E-state index in [-0.39, 0.29) is 5.52 Å². The molecule has 3 heterocycles. The third-order valence-corrected chi connectivity index (χ3v) is 6.82. The normalized spacial score (nSPS) is 21.3. The van der Waals surface area contributed by atoms with Crippen molar-refractivity contribution < 1.29 is 13.2 Å². The van der Waals surface area contributed by atoms with E-state index in [2.05, 4.69) is 38.2 Å². The molecule has 1 aromatic carbocycles. The Kier molecular flexibility index (Phi) is 5.88. The molecule has 2 aromatic heterocycles. The van der Waals surface area contributed by atoms with Gasteiger partial charge in [-0.3, -0.25) is 0 Å². The van der Waals surface area contributed by atoms with Gasteiger partial charge in [0.15, 0.2) is 0 Å². The van der Waals surface area contributed by atoms with E-state index in [0.29, 0.717) is 23.2 Å². The van der Waals surface area contributed by atoms with Crippen LogP contribution in [0.2, 0.25) is 0 Å². The van der Waals surface area contributed by atoms with Crippen molar-refractivity contribution in [2.24, 2.45) is 5.92 Å². The maximum absolute atomic E-state index is 13.0. The number of aromatic nitrogens is 4. The Hall–Kier alpha value is -2.84. The number of alkyl halides is 3. The van der Waals surface area contributed by atoms with E-state index in [1.807, 2.05) is 0 Å². The Morgan fingerprint density at radius 3 is 2.70 bits per heavy atom. The molecule has 3 aromatic rings. The number of piperidine rings is 1. The van der Waals surface area contributed by atoms with Gasteiger partial charge in [0.25, 0.3) is 0 Å². The summed E-state index contributed by atoms with van der Waals surface area (Å²) in [5.41, 5.74) is 2.17. The van der Waals surface area contributed by atoms with Crippen molar-refractivity contribution in [3.05, 3.63) is 35.8 Å². The second kappa shape index (κ2) is 8.83. The highest BCUT2D eigenvalue weighted by molar-refractivity contribution is 5.80. The van der Waals surface area contributed by atoms with Crippen LogP contribution in [-0.2, 0) is 12.6 Å². The molecule has 176 valence electrons. The van der Waals surface area contributed by atoms with Crippen molar-refractivity contribution in [3.63, 3.8) is 0 Å². The molecule has 2 fully saturated rings. The summed E-state index contributed by atoms with van der Waals surface area (Å²) in [6.45, 7) is 3.12. The zero-order chi connectivity index (χ0) is 23.0. The van der Waals surface area contributed by atoms with E-state index in [4.69, 9.17) is 4.98 Å². The molecule has 1 aliphatic heterocycles. The van der Waals surface area contributed by atoms with Crippen LogP contribution in [0.25, 0.3) is 11.0 Å². The van der Waals surface area contributed by atoms with Crippen LogP contribution in [0.1, 0.15) is 63.4 Å². The number of nitrogens with zero attached hydrogens (tertiary/aromatic N) is 4. The minimum absolute atomic E-state index is 0.248. The molecule has 2 unspecified atom stereocenters. The van der Waals surface area contributed by atoms with Crippen molar-refractivity contribution in [1.82, 2.24) is 19.9 Å². The van der Waals surface area contributed by atoms with E-state index in [9.17, 15) is 13.2 Å². The van der Waals surface area contributed by atoms with Gasteiger partial charge in [0.2, 0.25) is 11.8 Å². The van der Waals surface area contributed by atoms with Crippen molar-refractivity contribution in [2.45, 2.75) is 70.5 Å². The summed E-state index contributed by atoms with van der Waals surface area (Å²) in [5.74, 6) is 1.16. The van der Waals surface area contributed by atoms with Gasteiger partial charge in [-0.05, 0) is 56.2 Å². The lowest BCUT2D eigenvalue weighted by molar-refractivity contribution is -0.144.